The molecule has 0 aromatic heterocycles. The first kappa shape index (κ1) is 24.8. The Bertz CT molecular complexity index is 902. The number of hydrogen-bond acceptors (Lipinski definition) is 10. The topological polar surface area (TPSA) is 155 Å². The Balaban J connectivity index is 1.50. The minimum Gasteiger partial charge on any atom is -0.472 e. The van der Waals surface area contributed by atoms with Gasteiger partial charge in [0.1, 0.15) is 30.0 Å². The Kier molecular flexibility index (Phi) is 7.39. The summed E-state index contributed by atoms with van der Waals surface area (Å²) in [5.41, 5.74) is -0.368. The zero-order valence-corrected chi connectivity index (χ0v) is 18.6. The first-order valence-corrected chi connectivity index (χ1v) is 11.2. The Morgan fingerprint density at radius 3 is 2.56 bits per heavy atom. The molecule has 0 bridgehead atoms. The van der Waals surface area contributed by atoms with Crippen LogP contribution >= 0.6 is 0 Å². The second-order valence-corrected chi connectivity index (χ2v) is 9.02. The van der Waals surface area contributed by atoms with Crippen molar-refractivity contribution < 1.29 is 49.3 Å². The van der Waals surface area contributed by atoms with E-state index < -0.39 is 73.1 Å². The highest BCUT2D eigenvalue weighted by molar-refractivity contribution is 5.87. The van der Waals surface area contributed by atoms with Crippen LogP contribution in [0.1, 0.15) is 18.9 Å². The summed E-state index contributed by atoms with van der Waals surface area (Å²) in [7, 11) is 0. The van der Waals surface area contributed by atoms with E-state index in [0.29, 0.717) is 0 Å². The molecule has 5 N–H and O–H groups in total. The highest BCUT2D eigenvalue weighted by atomic mass is 16.8. The van der Waals surface area contributed by atoms with Crippen LogP contribution in [0.15, 0.2) is 48.7 Å². The molecule has 0 spiro atoms. The lowest BCUT2D eigenvalue weighted by Gasteiger charge is -2.44. The lowest BCUT2D eigenvalue weighted by Crippen LogP contribution is -2.60. The molecule has 2 fully saturated rings. The molecule has 2 aliphatic heterocycles. The van der Waals surface area contributed by atoms with Gasteiger partial charge in [0.05, 0.1) is 24.9 Å². The molecule has 1 aliphatic carbocycles. The van der Waals surface area contributed by atoms with E-state index >= 15 is 0 Å². The highest BCUT2D eigenvalue weighted by Crippen LogP contribution is 2.49. The minimum atomic E-state index is -1.63. The molecule has 10 atom stereocenters. The number of benzene rings is 1. The fraction of sp³-hybridized carbons (Fsp3) is 0.542. The third kappa shape index (κ3) is 4.89. The summed E-state index contributed by atoms with van der Waals surface area (Å²) < 4.78 is 22.6. The van der Waals surface area contributed by atoms with E-state index in [4.69, 9.17) is 18.9 Å². The van der Waals surface area contributed by atoms with Crippen molar-refractivity contribution in [1.29, 1.82) is 0 Å². The number of aliphatic hydroxyl groups excluding tert-OH is 5. The molecular weight excluding hydrogens is 448 g/mol. The Hall–Kier alpha value is -2.31. The molecular formula is C24H30O10. The number of hydrogen-bond donors (Lipinski definition) is 5. The SMILES string of the molecule is C[C@]1(OC(=O)/C=C/c2ccccc2)C[C@H](O)[C@@H]2C=CO[C@@H](O[C@@H]3O[C@H](CO)[C@@H](O)[C@H](O)[C@H]3O)[C@@H]21. The summed E-state index contributed by atoms with van der Waals surface area (Å²) in [6.45, 7) is 1.06. The molecule has 0 amide bonds. The van der Waals surface area contributed by atoms with Crippen LogP contribution in [0.2, 0.25) is 0 Å². The van der Waals surface area contributed by atoms with Crippen molar-refractivity contribution >= 4 is 12.0 Å². The molecule has 4 rings (SSSR count). The Morgan fingerprint density at radius 2 is 1.85 bits per heavy atom. The Labute approximate surface area is 196 Å². The van der Waals surface area contributed by atoms with Gasteiger partial charge in [0.2, 0.25) is 6.29 Å². The molecule has 1 saturated heterocycles. The number of carbonyl (C=O) groups is 1. The van der Waals surface area contributed by atoms with Gasteiger partial charge in [-0.05, 0) is 24.6 Å². The number of fused-ring (bicyclic) bond motifs is 1. The molecule has 0 unspecified atom stereocenters. The third-order valence-electron chi connectivity index (χ3n) is 6.65. The monoisotopic (exact) mass is 478 g/mol. The van der Waals surface area contributed by atoms with Crippen molar-refractivity contribution in [3.05, 3.63) is 54.3 Å². The van der Waals surface area contributed by atoms with Crippen LogP contribution in [0, 0.1) is 11.8 Å². The first-order valence-electron chi connectivity index (χ1n) is 11.2. The predicted molar refractivity (Wildman–Crippen MR) is 116 cm³/mol. The zero-order chi connectivity index (χ0) is 24.5. The van der Waals surface area contributed by atoms with Gasteiger partial charge in [-0.2, -0.15) is 0 Å². The van der Waals surface area contributed by atoms with Gasteiger partial charge >= 0.3 is 5.97 Å². The second-order valence-electron chi connectivity index (χ2n) is 9.02. The van der Waals surface area contributed by atoms with E-state index in [-0.39, 0.29) is 6.42 Å². The van der Waals surface area contributed by atoms with Crippen LogP contribution in [-0.2, 0) is 23.7 Å². The lowest BCUT2D eigenvalue weighted by molar-refractivity contribution is -0.346. The van der Waals surface area contributed by atoms with Gasteiger partial charge in [0.25, 0.3) is 0 Å². The number of esters is 1. The number of ether oxygens (including phenoxy) is 4. The number of rotatable bonds is 6. The highest BCUT2D eigenvalue weighted by Gasteiger charge is 2.59. The summed E-state index contributed by atoms with van der Waals surface area (Å²) in [5, 5.41) is 50.5. The van der Waals surface area contributed by atoms with Gasteiger partial charge in [0.15, 0.2) is 6.29 Å². The average Bonchev–Trinajstić information content (AvgIpc) is 3.09. The minimum absolute atomic E-state index is 0.121. The van der Waals surface area contributed by atoms with Crippen LogP contribution in [-0.4, -0.2) is 86.8 Å². The van der Waals surface area contributed by atoms with E-state index in [9.17, 15) is 30.3 Å². The molecule has 0 radical (unpaired) electrons. The van der Waals surface area contributed by atoms with E-state index in [1.807, 2.05) is 30.3 Å². The van der Waals surface area contributed by atoms with Crippen molar-refractivity contribution in [3.63, 3.8) is 0 Å². The van der Waals surface area contributed by atoms with Crippen molar-refractivity contribution in [2.24, 2.45) is 11.8 Å². The van der Waals surface area contributed by atoms with Crippen molar-refractivity contribution in [2.75, 3.05) is 6.61 Å². The summed E-state index contributed by atoms with van der Waals surface area (Å²) in [5.74, 6) is -1.76. The molecule has 3 aliphatic rings. The van der Waals surface area contributed by atoms with Crippen molar-refractivity contribution in [2.45, 2.75) is 62.0 Å². The summed E-state index contributed by atoms with van der Waals surface area (Å²) >= 11 is 0. The maximum atomic E-state index is 12.6. The molecule has 1 aromatic rings. The summed E-state index contributed by atoms with van der Waals surface area (Å²) in [6.07, 6.45) is -3.29. The third-order valence-corrected chi connectivity index (χ3v) is 6.65. The molecule has 1 saturated carbocycles. The zero-order valence-electron chi connectivity index (χ0n) is 18.6. The summed E-state index contributed by atoms with van der Waals surface area (Å²) in [4.78, 5) is 12.6. The first-order chi connectivity index (χ1) is 16.2. The van der Waals surface area contributed by atoms with Gasteiger partial charge in [-0.25, -0.2) is 4.79 Å². The van der Waals surface area contributed by atoms with E-state index in [1.165, 1.54) is 12.3 Å². The molecule has 34 heavy (non-hydrogen) atoms. The van der Waals surface area contributed by atoms with Gasteiger partial charge in [0, 0.05) is 18.4 Å². The number of carbonyl (C=O) groups excluding carboxylic acids is 1. The van der Waals surface area contributed by atoms with Crippen LogP contribution in [0.3, 0.4) is 0 Å². The molecule has 10 nitrogen and oxygen atoms in total. The van der Waals surface area contributed by atoms with Crippen LogP contribution in [0.25, 0.3) is 6.08 Å². The van der Waals surface area contributed by atoms with E-state index in [2.05, 4.69) is 0 Å². The smallest absolute Gasteiger partial charge is 0.331 e. The Morgan fingerprint density at radius 1 is 1.12 bits per heavy atom. The maximum Gasteiger partial charge on any atom is 0.331 e. The fourth-order valence-electron chi connectivity index (χ4n) is 4.88. The molecule has 186 valence electrons. The fourth-order valence-corrected chi connectivity index (χ4v) is 4.88. The van der Waals surface area contributed by atoms with Gasteiger partial charge in [-0.15, -0.1) is 0 Å². The van der Waals surface area contributed by atoms with Gasteiger partial charge in [-0.1, -0.05) is 30.3 Å². The summed E-state index contributed by atoms with van der Waals surface area (Å²) in [6, 6.07) is 9.23. The van der Waals surface area contributed by atoms with Crippen LogP contribution in [0.5, 0.6) is 0 Å². The van der Waals surface area contributed by atoms with E-state index in [1.54, 1.807) is 19.1 Å². The van der Waals surface area contributed by atoms with Crippen molar-refractivity contribution in [1.82, 2.24) is 0 Å². The van der Waals surface area contributed by atoms with E-state index in [0.717, 1.165) is 5.56 Å². The molecule has 1 aromatic carbocycles. The maximum absolute atomic E-state index is 12.6. The molecule has 2 heterocycles. The van der Waals surface area contributed by atoms with Gasteiger partial charge in [-0.3, -0.25) is 0 Å². The second kappa shape index (κ2) is 10.1. The van der Waals surface area contributed by atoms with Gasteiger partial charge < -0.3 is 44.5 Å². The molecule has 10 heteroatoms. The van der Waals surface area contributed by atoms with Crippen molar-refractivity contribution in [3.8, 4) is 0 Å². The predicted octanol–water partition coefficient (Wildman–Crippen LogP) is -0.315. The largest absolute Gasteiger partial charge is 0.472 e. The normalized spacial score (nSPS) is 41.8. The lowest BCUT2D eigenvalue weighted by atomic mass is 9.84. The van der Waals surface area contributed by atoms with Crippen LogP contribution in [0.4, 0.5) is 0 Å². The standard InChI is InChI=1S/C24H30O10/c1-24(34-17(27)8-7-13-5-3-2-4-6-13)11-15(26)14-9-10-31-22(18(14)24)33-23-21(30)20(29)19(28)16(12-25)32-23/h2-10,14-16,18-23,25-26,28-30H,11-12H2,1H3/b8-7+/t14-,15-,16+,18+,19+,20-,21+,22-,23-,24-/m0/s1. The number of aliphatic hydroxyl groups is 5. The average molecular weight is 478 g/mol. The van der Waals surface area contributed by atoms with Crippen LogP contribution < -0.4 is 0 Å². The quantitative estimate of drug-likeness (QED) is 0.271.